The summed E-state index contributed by atoms with van der Waals surface area (Å²) in [6.45, 7) is 6.18. The van der Waals surface area contributed by atoms with E-state index in [4.69, 9.17) is 10.1 Å². The zero-order valence-electron chi connectivity index (χ0n) is 20.0. The minimum absolute atomic E-state index is 0.0661. The highest BCUT2D eigenvalue weighted by atomic mass is 16.5. The summed E-state index contributed by atoms with van der Waals surface area (Å²) in [6, 6.07) is 11.4. The molecule has 1 saturated heterocycles. The van der Waals surface area contributed by atoms with Crippen LogP contribution in [0.3, 0.4) is 0 Å². The summed E-state index contributed by atoms with van der Waals surface area (Å²) in [5, 5.41) is 15.5. The fourth-order valence-corrected chi connectivity index (χ4v) is 4.17. The van der Waals surface area contributed by atoms with Gasteiger partial charge in [0.15, 0.2) is 0 Å². The molecule has 0 radical (unpaired) electrons. The molecule has 3 heterocycles. The molecule has 1 amide bonds. The van der Waals surface area contributed by atoms with E-state index in [-0.39, 0.29) is 17.2 Å². The van der Waals surface area contributed by atoms with Gasteiger partial charge in [-0.05, 0) is 43.7 Å². The maximum absolute atomic E-state index is 13.2. The van der Waals surface area contributed by atoms with E-state index in [1.54, 1.807) is 31.8 Å². The SMILES string of the molecule is CNc1ccc(-c2ccc(OC)nc2)cc1C(=N)c1cncc(C(=O)N2CCNC(C)(C)C2)c1. The summed E-state index contributed by atoms with van der Waals surface area (Å²) in [7, 11) is 3.41. The van der Waals surface area contributed by atoms with Crippen molar-refractivity contribution < 1.29 is 9.53 Å². The Balaban J connectivity index is 1.64. The first-order valence-electron chi connectivity index (χ1n) is 11.2. The van der Waals surface area contributed by atoms with E-state index >= 15 is 0 Å². The fraction of sp³-hybridized carbons (Fsp3) is 0.308. The molecule has 1 fully saturated rings. The number of anilines is 1. The molecule has 2 aromatic heterocycles. The molecule has 0 unspecified atom stereocenters. The highest BCUT2D eigenvalue weighted by Crippen LogP contribution is 2.28. The molecule has 3 aromatic rings. The van der Waals surface area contributed by atoms with E-state index in [0.29, 0.717) is 35.7 Å². The monoisotopic (exact) mass is 458 g/mol. The Bertz CT molecular complexity index is 1210. The lowest BCUT2D eigenvalue weighted by atomic mass is 9.96. The van der Waals surface area contributed by atoms with E-state index in [2.05, 4.69) is 34.4 Å². The van der Waals surface area contributed by atoms with E-state index in [9.17, 15) is 4.79 Å². The van der Waals surface area contributed by atoms with Crippen LogP contribution in [-0.4, -0.2) is 65.8 Å². The minimum Gasteiger partial charge on any atom is -0.481 e. The van der Waals surface area contributed by atoms with Crippen LogP contribution in [0.15, 0.2) is 55.0 Å². The Hall–Kier alpha value is -3.78. The minimum atomic E-state index is -0.135. The van der Waals surface area contributed by atoms with Gasteiger partial charge in [-0.2, -0.15) is 0 Å². The molecule has 1 aliphatic heterocycles. The Morgan fingerprint density at radius 2 is 1.88 bits per heavy atom. The van der Waals surface area contributed by atoms with Crippen molar-refractivity contribution in [3.8, 4) is 17.0 Å². The van der Waals surface area contributed by atoms with Crippen LogP contribution >= 0.6 is 0 Å². The van der Waals surface area contributed by atoms with Gasteiger partial charge in [0, 0.05) is 79.3 Å². The number of amides is 1. The number of carbonyl (C=O) groups is 1. The first-order chi connectivity index (χ1) is 16.3. The maximum Gasteiger partial charge on any atom is 0.255 e. The number of hydrogen-bond acceptors (Lipinski definition) is 7. The van der Waals surface area contributed by atoms with Crippen molar-refractivity contribution in [1.82, 2.24) is 20.2 Å². The van der Waals surface area contributed by atoms with Crippen molar-refractivity contribution in [2.45, 2.75) is 19.4 Å². The second kappa shape index (κ2) is 9.61. The van der Waals surface area contributed by atoms with Gasteiger partial charge in [-0.3, -0.25) is 15.2 Å². The van der Waals surface area contributed by atoms with Crippen molar-refractivity contribution in [1.29, 1.82) is 5.41 Å². The van der Waals surface area contributed by atoms with Crippen LogP contribution in [0.5, 0.6) is 5.88 Å². The molecule has 0 saturated carbocycles. The highest BCUT2D eigenvalue weighted by molar-refractivity contribution is 6.15. The van der Waals surface area contributed by atoms with Crippen LogP contribution in [0.1, 0.15) is 35.3 Å². The lowest BCUT2D eigenvalue weighted by Crippen LogP contribution is -2.58. The van der Waals surface area contributed by atoms with Crippen LogP contribution in [0, 0.1) is 5.41 Å². The average Bonchev–Trinajstić information content (AvgIpc) is 2.87. The summed E-state index contributed by atoms with van der Waals surface area (Å²) >= 11 is 0. The molecule has 0 spiro atoms. The van der Waals surface area contributed by atoms with Crippen LogP contribution in [0.4, 0.5) is 5.69 Å². The molecule has 3 N–H and O–H groups in total. The van der Waals surface area contributed by atoms with Crippen LogP contribution in [0.25, 0.3) is 11.1 Å². The van der Waals surface area contributed by atoms with Crippen molar-refractivity contribution >= 4 is 17.3 Å². The van der Waals surface area contributed by atoms with Gasteiger partial charge in [-0.25, -0.2) is 4.98 Å². The fourth-order valence-electron chi connectivity index (χ4n) is 4.17. The van der Waals surface area contributed by atoms with Crippen molar-refractivity contribution in [3.05, 3.63) is 71.7 Å². The van der Waals surface area contributed by atoms with Gasteiger partial charge in [-0.1, -0.05) is 6.07 Å². The molecule has 1 aromatic carbocycles. The number of benzene rings is 1. The van der Waals surface area contributed by atoms with Crippen LogP contribution in [0.2, 0.25) is 0 Å². The summed E-state index contributed by atoms with van der Waals surface area (Å²) < 4.78 is 5.15. The number of hydrogen-bond donors (Lipinski definition) is 3. The summed E-state index contributed by atoms with van der Waals surface area (Å²) in [4.78, 5) is 23.6. The Morgan fingerprint density at radius 1 is 1.12 bits per heavy atom. The van der Waals surface area contributed by atoms with Gasteiger partial charge < -0.3 is 20.3 Å². The third-order valence-corrected chi connectivity index (χ3v) is 5.97. The zero-order chi connectivity index (χ0) is 24.3. The summed E-state index contributed by atoms with van der Waals surface area (Å²) in [6.07, 6.45) is 4.95. The summed E-state index contributed by atoms with van der Waals surface area (Å²) in [5.41, 5.74) is 4.60. The zero-order valence-corrected chi connectivity index (χ0v) is 20.0. The second-order valence-corrected chi connectivity index (χ2v) is 8.97. The second-order valence-electron chi connectivity index (χ2n) is 8.97. The lowest BCUT2D eigenvalue weighted by Gasteiger charge is -2.39. The molecule has 0 atom stereocenters. The van der Waals surface area contributed by atoms with Gasteiger partial charge in [0.1, 0.15) is 0 Å². The molecule has 34 heavy (non-hydrogen) atoms. The predicted octanol–water partition coefficient (Wildman–Crippen LogP) is 3.43. The number of rotatable bonds is 6. The van der Waals surface area contributed by atoms with Gasteiger partial charge in [-0.15, -0.1) is 0 Å². The van der Waals surface area contributed by atoms with Gasteiger partial charge in [0.05, 0.1) is 18.4 Å². The molecule has 1 aliphatic rings. The van der Waals surface area contributed by atoms with Gasteiger partial charge >= 0.3 is 0 Å². The molecular formula is C26H30N6O2. The number of methoxy groups -OCH3 is 1. The van der Waals surface area contributed by atoms with Crippen molar-refractivity contribution in [2.75, 3.05) is 39.1 Å². The first kappa shape index (κ1) is 23.4. The standard InChI is InChI=1S/C26H30N6O2/c1-26(2)16-32(10-9-31-26)25(33)20-11-19(13-29-14-20)24(27)21-12-17(5-7-22(21)28-3)18-6-8-23(34-4)30-15-18/h5-8,11-15,27-28,31H,9-10,16H2,1-4H3. The van der Waals surface area contributed by atoms with Gasteiger partial charge in [0.2, 0.25) is 5.88 Å². The Labute approximate surface area is 199 Å². The van der Waals surface area contributed by atoms with Crippen LogP contribution < -0.4 is 15.4 Å². The highest BCUT2D eigenvalue weighted by Gasteiger charge is 2.29. The van der Waals surface area contributed by atoms with Crippen molar-refractivity contribution in [3.63, 3.8) is 0 Å². The molecule has 0 aliphatic carbocycles. The molecule has 8 nitrogen and oxygen atoms in total. The molecule has 8 heteroatoms. The maximum atomic E-state index is 13.2. The average molecular weight is 459 g/mol. The summed E-state index contributed by atoms with van der Waals surface area (Å²) in [5.74, 6) is 0.479. The quantitative estimate of drug-likeness (QED) is 0.489. The largest absolute Gasteiger partial charge is 0.481 e. The Morgan fingerprint density at radius 3 is 2.56 bits per heavy atom. The number of piperazine rings is 1. The molecule has 4 rings (SSSR count). The van der Waals surface area contributed by atoms with E-state index in [0.717, 1.165) is 23.4 Å². The van der Waals surface area contributed by atoms with E-state index in [1.165, 1.54) is 0 Å². The first-order valence-corrected chi connectivity index (χ1v) is 11.2. The Kier molecular flexibility index (Phi) is 6.61. The van der Waals surface area contributed by atoms with E-state index < -0.39 is 0 Å². The number of aromatic nitrogens is 2. The van der Waals surface area contributed by atoms with Crippen molar-refractivity contribution in [2.24, 2.45) is 0 Å². The molecule has 0 bridgehead atoms. The third kappa shape index (κ3) is 4.92. The van der Waals surface area contributed by atoms with Crippen LogP contribution in [-0.2, 0) is 0 Å². The van der Waals surface area contributed by atoms with Gasteiger partial charge in [0.25, 0.3) is 5.91 Å². The lowest BCUT2D eigenvalue weighted by molar-refractivity contribution is 0.0651. The molecular weight excluding hydrogens is 428 g/mol. The number of pyridine rings is 2. The number of ether oxygens (including phenoxy) is 1. The molecule has 176 valence electrons. The predicted molar refractivity (Wildman–Crippen MR) is 134 cm³/mol. The number of nitrogens with zero attached hydrogens (tertiary/aromatic N) is 3. The third-order valence-electron chi connectivity index (χ3n) is 5.97. The van der Waals surface area contributed by atoms with E-state index in [1.807, 2.05) is 42.3 Å². The normalized spacial score (nSPS) is 15.0. The number of nitrogens with one attached hydrogen (secondary N) is 3. The number of carbonyl (C=O) groups excluding carboxylic acids is 1. The smallest absolute Gasteiger partial charge is 0.255 e. The topological polar surface area (TPSA) is 103 Å².